The van der Waals surface area contributed by atoms with E-state index in [1.807, 2.05) is 6.92 Å². The molecule has 2 aliphatic heterocycles. The van der Waals surface area contributed by atoms with E-state index < -0.39 is 10.2 Å². The van der Waals surface area contributed by atoms with Gasteiger partial charge in [-0.05, 0) is 77.1 Å². The van der Waals surface area contributed by atoms with Crippen LogP contribution in [0.4, 0.5) is 5.69 Å². The van der Waals surface area contributed by atoms with Crippen molar-refractivity contribution >= 4 is 21.8 Å². The van der Waals surface area contributed by atoms with Crippen LogP contribution < -0.4 is 14.4 Å². The fourth-order valence-electron chi connectivity index (χ4n) is 5.27. The third-order valence-electron chi connectivity index (χ3n) is 7.28. The lowest BCUT2D eigenvalue weighted by Crippen LogP contribution is -2.51. The topological polar surface area (TPSA) is 82.2 Å². The van der Waals surface area contributed by atoms with Crippen molar-refractivity contribution in [3.8, 4) is 5.75 Å². The van der Waals surface area contributed by atoms with Crippen molar-refractivity contribution in [1.29, 1.82) is 0 Å². The van der Waals surface area contributed by atoms with Gasteiger partial charge in [0.1, 0.15) is 5.75 Å². The van der Waals surface area contributed by atoms with Crippen molar-refractivity contribution in [2.75, 3.05) is 44.1 Å². The molecule has 9 heteroatoms. The summed E-state index contributed by atoms with van der Waals surface area (Å²) in [6.07, 6.45) is 6.09. The first-order valence-electron chi connectivity index (χ1n) is 12.7. The lowest BCUT2D eigenvalue weighted by molar-refractivity contribution is -0.126. The number of carbonyl (C=O) groups excluding carboxylic acids is 1. The van der Waals surface area contributed by atoms with Crippen LogP contribution in [0.1, 0.15) is 59.3 Å². The molecular weight excluding hydrogens is 452 g/mol. The second kappa shape index (κ2) is 12.2. The highest BCUT2D eigenvalue weighted by atomic mass is 32.2. The normalized spacial score (nSPS) is 24.5. The summed E-state index contributed by atoms with van der Waals surface area (Å²) in [4.78, 5) is 15.4. The van der Waals surface area contributed by atoms with E-state index >= 15 is 0 Å². The molecule has 1 N–H and O–H groups in total. The molecule has 3 rings (SSSR count). The molecule has 1 aromatic carbocycles. The summed E-state index contributed by atoms with van der Waals surface area (Å²) in [5.74, 6) is 0.328. The molecule has 2 saturated heterocycles. The lowest BCUT2D eigenvalue weighted by Gasteiger charge is -2.39. The number of hydrogen-bond acceptors (Lipinski definition) is 5. The zero-order chi connectivity index (χ0) is 24.7. The average Bonchev–Trinajstić information content (AvgIpc) is 2.84. The molecule has 192 valence electrons. The van der Waals surface area contributed by atoms with Crippen molar-refractivity contribution in [3.63, 3.8) is 0 Å². The van der Waals surface area contributed by atoms with E-state index in [0.29, 0.717) is 56.0 Å². The molecule has 1 amide bonds. The number of anilines is 1. The van der Waals surface area contributed by atoms with Crippen molar-refractivity contribution in [3.05, 3.63) is 24.3 Å². The van der Waals surface area contributed by atoms with Crippen LogP contribution in [-0.2, 0) is 15.0 Å². The van der Waals surface area contributed by atoms with Crippen LogP contribution in [0.15, 0.2) is 24.3 Å². The molecule has 2 fully saturated rings. The molecule has 2 heterocycles. The Hall–Kier alpha value is -1.84. The molecule has 0 saturated carbocycles. The van der Waals surface area contributed by atoms with E-state index in [2.05, 4.69) is 24.1 Å². The van der Waals surface area contributed by atoms with Crippen LogP contribution in [0.25, 0.3) is 0 Å². The first-order valence-corrected chi connectivity index (χ1v) is 14.1. The Morgan fingerprint density at radius 3 is 2.41 bits per heavy atom. The Morgan fingerprint density at radius 1 is 1.12 bits per heavy atom. The molecule has 8 nitrogen and oxygen atoms in total. The summed E-state index contributed by atoms with van der Waals surface area (Å²) in [6, 6.07) is 8.21. The smallest absolute Gasteiger partial charge is 0.304 e. The zero-order valence-electron chi connectivity index (χ0n) is 21.2. The minimum Gasteiger partial charge on any atom is -0.497 e. The fraction of sp³-hybridized carbons (Fsp3) is 0.720. The molecule has 34 heavy (non-hydrogen) atoms. The molecule has 0 aliphatic carbocycles. The summed E-state index contributed by atoms with van der Waals surface area (Å²) < 4.78 is 34.9. The molecule has 0 radical (unpaired) electrons. The molecule has 0 spiro atoms. The Morgan fingerprint density at radius 2 is 1.79 bits per heavy atom. The standard InChI is InChI=1S/C25H42N4O4S/c1-5-29(23-12-14-24(33-4)15-13-23)34(31,32)27-17-7-11-22(19-27)25(30)26-16-8-18-28-20(2)9-6-10-21(28)3/h12-15,20-22H,5-11,16-19H2,1-4H3,(H,26,30)/t20-,21+,22-/m1/s1. The number of piperidine rings is 2. The minimum absolute atomic E-state index is 0.0351. The van der Waals surface area contributed by atoms with Gasteiger partial charge in [-0.1, -0.05) is 6.42 Å². The monoisotopic (exact) mass is 494 g/mol. The third kappa shape index (κ3) is 6.43. The van der Waals surface area contributed by atoms with Gasteiger partial charge in [-0.25, -0.2) is 0 Å². The van der Waals surface area contributed by atoms with Gasteiger partial charge >= 0.3 is 10.2 Å². The van der Waals surface area contributed by atoms with Gasteiger partial charge in [0.25, 0.3) is 0 Å². The van der Waals surface area contributed by atoms with Crippen molar-refractivity contribution in [2.45, 2.75) is 71.4 Å². The number of methoxy groups -OCH3 is 1. The second-order valence-electron chi connectivity index (χ2n) is 9.58. The Kier molecular flexibility index (Phi) is 9.62. The van der Waals surface area contributed by atoms with E-state index in [9.17, 15) is 13.2 Å². The predicted molar refractivity (Wildman–Crippen MR) is 136 cm³/mol. The predicted octanol–water partition coefficient (Wildman–Crippen LogP) is 3.25. The van der Waals surface area contributed by atoms with Crippen molar-refractivity contribution in [1.82, 2.24) is 14.5 Å². The highest BCUT2D eigenvalue weighted by Crippen LogP contribution is 2.27. The third-order valence-corrected chi connectivity index (χ3v) is 9.29. The average molecular weight is 495 g/mol. The largest absolute Gasteiger partial charge is 0.497 e. The maximum Gasteiger partial charge on any atom is 0.304 e. The minimum atomic E-state index is -3.73. The van der Waals surface area contributed by atoms with Crippen LogP contribution in [0, 0.1) is 5.92 Å². The fourth-order valence-corrected chi connectivity index (χ4v) is 6.99. The van der Waals surface area contributed by atoms with E-state index in [1.54, 1.807) is 31.4 Å². The van der Waals surface area contributed by atoms with Gasteiger partial charge in [0.2, 0.25) is 5.91 Å². The van der Waals surface area contributed by atoms with Crippen LogP contribution in [0.3, 0.4) is 0 Å². The van der Waals surface area contributed by atoms with Gasteiger partial charge < -0.3 is 10.1 Å². The van der Waals surface area contributed by atoms with Gasteiger partial charge in [-0.15, -0.1) is 0 Å². The SMILES string of the molecule is CCN(c1ccc(OC)cc1)S(=O)(=O)N1CCC[C@@H](C(=O)NCCCN2[C@H](C)CCC[C@@H]2C)C1. The second-order valence-corrected chi connectivity index (χ2v) is 11.4. The van der Waals surface area contributed by atoms with Crippen molar-refractivity contribution < 1.29 is 17.9 Å². The number of nitrogens with zero attached hydrogens (tertiary/aromatic N) is 3. The molecule has 3 atom stereocenters. The molecule has 0 bridgehead atoms. The summed E-state index contributed by atoms with van der Waals surface area (Å²) >= 11 is 0. The highest BCUT2D eigenvalue weighted by Gasteiger charge is 2.35. The van der Waals surface area contributed by atoms with Crippen LogP contribution >= 0.6 is 0 Å². The summed E-state index contributed by atoms with van der Waals surface area (Å²) in [7, 11) is -2.15. The number of rotatable bonds is 10. The summed E-state index contributed by atoms with van der Waals surface area (Å²) in [6.45, 7) is 8.99. The van der Waals surface area contributed by atoms with Crippen LogP contribution in [0.5, 0.6) is 5.75 Å². The molecule has 0 aromatic heterocycles. The van der Waals surface area contributed by atoms with E-state index in [0.717, 1.165) is 13.0 Å². The van der Waals surface area contributed by atoms with E-state index in [1.165, 1.54) is 27.9 Å². The Bertz CT molecular complexity index is 883. The number of nitrogens with one attached hydrogen (secondary N) is 1. The molecular formula is C25H42N4O4S. The Labute approximate surface area is 205 Å². The van der Waals surface area contributed by atoms with Crippen LogP contribution in [-0.4, -0.2) is 75.4 Å². The Balaban J connectivity index is 1.54. The van der Waals surface area contributed by atoms with Crippen LogP contribution in [0.2, 0.25) is 0 Å². The summed E-state index contributed by atoms with van der Waals surface area (Å²) in [5, 5.41) is 3.07. The number of benzene rings is 1. The molecule has 1 aromatic rings. The van der Waals surface area contributed by atoms with Crippen molar-refractivity contribution in [2.24, 2.45) is 5.92 Å². The first kappa shape index (κ1) is 26.8. The van der Waals surface area contributed by atoms with E-state index in [-0.39, 0.29) is 18.4 Å². The van der Waals surface area contributed by atoms with Gasteiger partial charge in [0.05, 0.1) is 18.7 Å². The highest BCUT2D eigenvalue weighted by molar-refractivity contribution is 7.90. The molecule has 2 aliphatic rings. The summed E-state index contributed by atoms with van der Waals surface area (Å²) in [5.41, 5.74) is 0.594. The van der Waals surface area contributed by atoms with Gasteiger partial charge in [-0.2, -0.15) is 12.7 Å². The van der Waals surface area contributed by atoms with Gasteiger partial charge in [0.15, 0.2) is 0 Å². The quantitative estimate of drug-likeness (QED) is 0.505. The number of hydrogen-bond donors (Lipinski definition) is 1. The number of carbonyl (C=O) groups is 1. The number of amides is 1. The van der Waals surface area contributed by atoms with E-state index in [4.69, 9.17) is 4.74 Å². The maximum absolute atomic E-state index is 13.4. The molecule has 0 unspecified atom stereocenters. The number of likely N-dealkylation sites (tertiary alicyclic amines) is 1. The number of ether oxygens (including phenoxy) is 1. The maximum atomic E-state index is 13.4. The zero-order valence-corrected chi connectivity index (χ0v) is 22.0. The first-order chi connectivity index (χ1) is 16.3. The van der Waals surface area contributed by atoms with Gasteiger partial charge in [0, 0.05) is 44.8 Å². The van der Waals surface area contributed by atoms with Gasteiger partial charge in [-0.3, -0.25) is 14.0 Å². The lowest BCUT2D eigenvalue weighted by atomic mass is 9.97.